The van der Waals surface area contributed by atoms with Crippen molar-refractivity contribution in [1.29, 1.82) is 0 Å². The van der Waals surface area contributed by atoms with Gasteiger partial charge in [0, 0.05) is 40.6 Å². The zero-order chi connectivity index (χ0) is 12.5. The van der Waals surface area contributed by atoms with E-state index in [0.717, 1.165) is 23.9 Å². The number of hydrogen-bond donors (Lipinski definition) is 1. The Kier molecular flexibility index (Phi) is 3.12. The zero-order valence-electron chi connectivity index (χ0n) is 10.0. The molecule has 0 aliphatic heterocycles. The standard InChI is InChI=1S/C14H15BrN2O/c15-11-1-4-13-10(9-11)5-7-17(13)8-6-14(18)16-12-2-3-12/h1,4-5,7,9,12H,2-3,6,8H2,(H,16,18). The Morgan fingerprint density at radius 2 is 2.22 bits per heavy atom. The number of halogens is 1. The van der Waals surface area contributed by atoms with Crippen molar-refractivity contribution in [2.75, 3.05) is 0 Å². The summed E-state index contributed by atoms with van der Waals surface area (Å²) in [6, 6.07) is 8.74. The third kappa shape index (κ3) is 2.58. The SMILES string of the molecule is O=C(CCn1ccc2cc(Br)ccc21)NC1CC1. The Morgan fingerprint density at radius 1 is 1.39 bits per heavy atom. The van der Waals surface area contributed by atoms with Crippen LogP contribution in [0.25, 0.3) is 10.9 Å². The van der Waals surface area contributed by atoms with Gasteiger partial charge in [-0.05, 0) is 37.1 Å². The van der Waals surface area contributed by atoms with Gasteiger partial charge in [-0.1, -0.05) is 15.9 Å². The Hall–Kier alpha value is -1.29. The van der Waals surface area contributed by atoms with Crippen LogP contribution in [0.1, 0.15) is 19.3 Å². The summed E-state index contributed by atoms with van der Waals surface area (Å²) in [6.07, 6.45) is 4.89. The Balaban J connectivity index is 1.68. The lowest BCUT2D eigenvalue weighted by molar-refractivity contribution is -0.121. The summed E-state index contributed by atoms with van der Waals surface area (Å²) < 4.78 is 3.22. The maximum atomic E-state index is 11.6. The molecule has 18 heavy (non-hydrogen) atoms. The topological polar surface area (TPSA) is 34.0 Å². The summed E-state index contributed by atoms with van der Waals surface area (Å²) in [6.45, 7) is 0.740. The predicted molar refractivity (Wildman–Crippen MR) is 75.4 cm³/mol. The number of carbonyl (C=O) groups excluding carboxylic acids is 1. The molecule has 0 radical (unpaired) electrons. The fourth-order valence-electron chi connectivity index (χ4n) is 2.12. The van der Waals surface area contributed by atoms with E-state index in [1.807, 2.05) is 12.3 Å². The van der Waals surface area contributed by atoms with Gasteiger partial charge in [0.1, 0.15) is 0 Å². The average Bonchev–Trinajstić information content (AvgIpc) is 3.06. The van der Waals surface area contributed by atoms with Crippen LogP contribution >= 0.6 is 15.9 Å². The molecule has 3 nitrogen and oxygen atoms in total. The van der Waals surface area contributed by atoms with Gasteiger partial charge in [0.15, 0.2) is 0 Å². The van der Waals surface area contributed by atoms with E-state index in [0.29, 0.717) is 12.5 Å². The first-order valence-electron chi connectivity index (χ1n) is 6.26. The summed E-state index contributed by atoms with van der Waals surface area (Å²) in [5, 5.41) is 4.21. The first-order valence-corrected chi connectivity index (χ1v) is 7.05. The van der Waals surface area contributed by atoms with Gasteiger partial charge in [-0.15, -0.1) is 0 Å². The van der Waals surface area contributed by atoms with E-state index >= 15 is 0 Å². The van der Waals surface area contributed by atoms with E-state index in [1.54, 1.807) is 0 Å². The van der Waals surface area contributed by atoms with E-state index in [4.69, 9.17) is 0 Å². The Morgan fingerprint density at radius 3 is 3.00 bits per heavy atom. The van der Waals surface area contributed by atoms with Crippen molar-refractivity contribution >= 4 is 32.7 Å². The molecule has 0 bridgehead atoms. The molecule has 1 aromatic heterocycles. The van der Waals surface area contributed by atoms with Gasteiger partial charge in [0.2, 0.25) is 5.91 Å². The van der Waals surface area contributed by atoms with Gasteiger partial charge < -0.3 is 9.88 Å². The molecular formula is C14H15BrN2O. The Labute approximate surface area is 114 Å². The predicted octanol–water partition coefficient (Wildman–Crippen LogP) is 3.07. The van der Waals surface area contributed by atoms with E-state index in [1.165, 1.54) is 10.9 Å². The van der Waals surface area contributed by atoms with Crippen LogP contribution in [0.3, 0.4) is 0 Å². The fraction of sp³-hybridized carbons (Fsp3) is 0.357. The zero-order valence-corrected chi connectivity index (χ0v) is 11.6. The normalized spacial score (nSPS) is 14.9. The molecule has 1 heterocycles. The second-order valence-electron chi connectivity index (χ2n) is 4.80. The van der Waals surface area contributed by atoms with Crippen molar-refractivity contribution in [3.05, 3.63) is 34.9 Å². The number of aromatic nitrogens is 1. The lowest BCUT2D eigenvalue weighted by atomic mass is 10.2. The van der Waals surface area contributed by atoms with Gasteiger partial charge in [-0.3, -0.25) is 4.79 Å². The van der Waals surface area contributed by atoms with Crippen molar-refractivity contribution in [2.45, 2.75) is 31.8 Å². The highest BCUT2D eigenvalue weighted by Gasteiger charge is 2.22. The van der Waals surface area contributed by atoms with Gasteiger partial charge in [-0.25, -0.2) is 0 Å². The maximum Gasteiger partial charge on any atom is 0.222 e. The largest absolute Gasteiger partial charge is 0.353 e. The minimum Gasteiger partial charge on any atom is -0.353 e. The average molecular weight is 307 g/mol. The number of aryl methyl sites for hydroxylation is 1. The smallest absolute Gasteiger partial charge is 0.222 e. The number of hydrogen-bond acceptors (Lipinski definition) is 1. The summed E-state index contributed by atoms with van der Waals surface area (Å²) in [4.78, 5) is 11.6. The number of nitrogens with one attached hydrogen (secondary N) is 1. The second kappa shape index (κ2) is 4.76. The monoisotopic (exact) mass is 306 g/mol. The van der Waals surface area contributed by atoms with Crippen LogP contribution in [-0.4, -0.2) is 16.5 Å². The molecule has 1 N–H and O–H groups in total. The van der Waals surface area contributed by atoms with Crippen LogP contribution in [-0.2, 0) is 11.3 Å². The number of benzene rings is 1. The lowest BCUT2D eigenvalue weighted by Gasteiger charge is -2.06. The number of amides is 1. The first-order chi connectivity index (χ1) is 8.72. The summed E-state index contributed by atoms with van der Waals surface area (Å²) in [5.41, 5.74) is 1.18. The maximum absolute atomic E-state index is 11.6. The van der Waals surface area contributed by atoms with Crippen molar-refractivity contribution in [3.8, 4) is 0 Å². The third-order valence-corrected chi connectivity index (χ3v) is 3.75. The summed E-state index contributed by atoms with van der Waals surface area (Å²) in [5.74, 6) is 0.163. The minimum absolute atomic E-state index is 0.163. The molecule has 1 saturated carbocycles. The van der Waals surface area contributed by atoms with Crippen LogP contribution in [0.15, 0.2) is 34.9 Å². The molecule has 0 atom stereocenters. The second-order valence-corrected chi connectivity index (χ2v) is 5.72. The molecule has 0 spiro atoms. The van der Waals surface area contributed by atoms with Crippen molar-refractivity contribution in [1.82, 2.24) is 9.88 Å². The molecular weight excluding hydrogens is 292 g/mol. The molecule has 4 heteroatoms. The molecule has 1 aromatic carbocycles. The van der Waals surface area contributed by atoms with E-state index in [2.05, 4.69) is 44.0 Å². The van der Waals surface area contributed by atoms with Crippen LogP contribution in [0.5, 0.6) is 0 Å². The molecule has 2 aromatic rings. The van der Waals surface area contributed by atoms with Crippen molar-refractivity contribution in [3.63, 3.8) is 0 Å². The van der Waals surface area contributed by atoms with Crippen molar-refractivity contribution < 1.29 is 4.79 Å². The van der Waals surface area contributed by atoms with E-state index in [9.17, 15) is 4.79 Å². The molecule has 1 aliphatic carbocycles. The number of nitrogens with zero attached hydrogens (tertiary/aromatic N) is 1. The van der Waals surface area contributed by atoms with Crippen LogP contribution in [0, 0.1) is 0 Å². The number of carbonyl (C=O) groups is 1. The van der Waals surface area contributed by atoms with Crippen LogP contribution < -0.4 is 5.32 Å². The summed E-state index contributed by atoms with van der Waals surface area (Å²) in [7, 11) is 0. The molecule has 94 valence electrons. The highest BCUT2D eigenvalue weighted by molar-refractivity contribution is 9.10. The van der Waals surface area contributed by atoms with Gasteiger partial charge in [0.05, 0.1) is 0 Å². The van der Waals surface area contributed by atoms with Crippen LogP contribution in [0.4, 0.5) is 0 Å². The van der Waals surface area contributed by atoms with Crippen LogP contribution in [0.2, 0.25) is 0 Å². The third-order valence-electron chi connectivity index (χ3n) is 3.26. The quantitative estimate of drug-likeness (QED) is 0.925. The highest BCUT2D eigenvalue weighted by Crippen LogP contribution is 2.21. The molecule has 3 rings (SSSR count). The van der Waals surface area contributed by atoms with Gasteiger partial charge in [-0.2, -0.15) is 0 Å². The van der Waals surface area contributed by atoms with E-state index < -0.39 is 0 Å². The fourth-order valence-corrected chi connectivity index (χ4v) is 2.49. The molecule has 0 saturated heterocycles. The summed E-state index contributed by atoms with van der Waals surface area (Å²) >= 11 is 3.46. The first kappa shape index (κ1) is 11.8. The lowest BCUT2D eigenvalue weighted by Crippen LogP contribution is -2.26. The van der Waals surface area contributed by atoms with Gasteiger partial charge in [0.25, 0.3) is 0 Å². The molecule has 1 aliphatic rings. The van der Waals surface area contributed by atoms with Crippen molar-refractivity contribution in [2.24, 2.45) is 0 Å². The van der Waals surface area contributed by atoms with E-state index in [-0.39, 0.29) is 5.91 Å². The molecule has 1 amide bonds. The minimum atomic E-state index is 0.163. The highest BCUT2D eigenvalue weighted by atomic mass is 79.9. The Bertz CT molecular complexity index is 586. The van der Waals surface area contributed by atoms with Gasteiger partial charge >= 0.3 is 0 Å². The molecule has 1 fully saturated rings. The number of rotatable bonds is 4. The number of fused-ring (bicyclic) bond motifs is 1. The molecule has 0 unspecified atom stereocenters.